The van der Waals surface area contributed by atoms with Crippen molar-refractivity contribution in [3.8, 4) is 10.7 Å². The van der Waals surface area contributed by atoms with E-state index >= 15 is 0 Å². The number of nitrogens with zero attached hydrogens (tertiary/aromatic N) is 2. The van der Waals surface area contributed by atoms with Crippen LogP contribution in [0.4, 0.5) is 8.78 Å². The lowest BCUT2D eigenvalue weighted by Gasteiger charge is -2.14. The first-order valence-corrected chi connectivity index (χ1v) is 8.42. The molecule has 0 saturated heterocycles. The summed E-state index contributed by atoms with van der Waals surface area (Å²) in [6.45, 7) is 3.46. The van der Waals surface area contributed by atoms with Crippen LogP contribution in [-0.2, 0) is 0 Å². The molecule has 1 atom stereocenters. The third-order valence-electron chi connectivity index (χ3n) is 3.68. The lowest BCUT2D eigenvalue weighted by atomic mass is 10.1. The molecular weight excluding hydrogens is 344 g/mol. The second-order valence-corrected chi connectivity index (χ2v) is 6.52. The summed E-state index contributed by atoms with van der Waals surface area (Å²) in [7, 11) is 0. The van der Waals surface area contributed by atoms with Crippen molar-refractivity contribution >= 4 is 17.2 Å². The van der Waals surface area contributed by atoms with Gasteiger partial charge in [0, 0.05) is 6.20 Å². The van der Waals surface area contributed by atoms with Crippen LogP contribution in [0.15, 0.2) is 42.6 Å². The van der Waals surface area contributed by atoms with Crippen molar-refractivity contribution in [1.82, 2.24) is 15.3 Å². The molecule has 0 fully saturated rings. The molecule has 1 aromatic carbocycles. The zero-order valence-electron chi connectivity index (χ0n) is 13.6. The van der Waals surface area contributed by atoms with Gasteiger partial charge in [-0.1, -0.05) is 12.1 Å². The highest BCUT2D eigenvalue weighted by Crippen LogP contribution is 2.27. The van der Waals surface area contributed by atoms with Gasteiger partial charge in [-0.2, -0.15) is 0 Å². The van der Waals surface area contributed by atoms with Gasteiger partial charge in [-0.15, -0.1) is 11.3 Å². The number of thiazole rings is 1. The summed E-state index contributed by atoms with van der Waals surface area (Å²) in [6.07, 6.45) is 1.66. The third-order valence-corrected chi connectivity index (χ3v) is 4.86. The van der Waals surface area contributed by atoms with Crippen LogP contribution in [0.1, 0.15) is 33.9 Å². The van der Waals surface area contributed by atoms with Crippen molar-refractivity contribution in [1.29, 1.82) is 0 Å². The van der Waals surface area contributed by atoms with Gasteiger partial charge < -0.3 is 5.32 Å². The molecule has 0 bridgehead atoms. The van der Waals surface area contributed by atoms with Crippen molar-refractivity contribution in [2.75, 3.05) is 0 Å². The molecule has 0 spiro atoms. The number of halogens is 2. The van der Waals surface area contributed by atoms with Crippen molar-refractivity contribution in [3.63, 3.8) is 0 Å². The van der Waals surface area contributed by atoms with Crippen molar-refractivity contribution in [3.05, 3.63) is 70.4 Å². The van der Waals surface area contributed by atoms with Gasteiger partial charge in [0.15, 0.2) is 11.6 Å². The van der Waals surface area contributed by atoms with E-state index in [4.69, 9.17) is 0 Å². The van der Waals surface area contributed by atoms with Crippen molar-refractivity contribution in [2.24, 2.45) is 0 Å². The highest BCUT2D eigenvalue weighted by Gasteiger charge is 2.19. The number of amides is 1. The fourth-order valence-electron chi connectivity index (χ4n) is 2.33. The average molecular weight is 359 g/mol. The average Bonchev–Trinajstić information content (AvgIpc) is 3.00. The van der Waals surface area contributed by atoms with Crippen LogP contribution in [0.3, 0.4) is 0 Å². The maximum atomic E-state index is 13.4. The molecule has 0 aliphatic heterocycles. The minimum absolute atomic E-state index is 0.311. The minimum atomic E-state index is -0.940. The molecule has 2 aromatic heterocycles. The maximum absolute atomic E-state index is 13.4. The summed E-state index contributed by atoms with van der Waals surface area (Å²) in [5, 5.41) is 3.44. The summed E-state index contributed by atoms with van der Waals surface area (Å²) in [4.78, 5) is 21.6. The predicted octanol–water partition coefficient (Wildman–Crippen LogP) is 4.28. The van der Waals surface area contributed by atoms with Crippen LogP contribution in [-0.4, -0.2) is 15.9 Å². The van der Waals surface area contributed by atoms with E-state index in [1.807, 2.05) is 12.1 Å². The smallest absolute Gasteiger partial charge is 0.263 e. The standard InChI is InChI=1S/C18H15F2N3OS/c1-10(12-6-7-13(19)14(20)9-12)22-17(24)16-11(2)23-18(25-16)15-5-3-4-8-21-15/h3-10H,1-2H3,(H,22,24)/t10-/m0/s1. The van der Waals surface area contributed by atoms with E-state index in [-0.39, 0.29) is 5.91 Å². The molecule has 1 amide bonds. The van der Waals surface area contributed by atoms with E-state index < -0.39 is 17.7 Å². The van der Waals surface area contributed by atoms with Gasteiger partial charge in [-0.3, -0.25) is 9.78 Å². The largest absolute Gasteiger partial charge is 0.345 e. The summed E-state index contributed by atoms with van der Waals surface area (Å²) < 4.78 is 26.4. The Bertz CT molecular complexity index is 912. The number of carbonyl (C=O) groups excluding carboxylic acids is 1. The first kappa shape index (κ1) is 17.2. The predicted molar refractivity (Wildman–Crippen MR) is 92.3 cm³/mol. The van der Waals surface area contributed by atoms with Crippen LogP contribution in [0.5, 0.6) is 0 Å². The molecule has 0 radical (unpaired) electrons. The summed E-state index contributed by atoms with van der Waals surface area (Å²) in [5.74, 6) is -2.17. The molecule has 0 saturated carbocycles. The maximum Gasteiger partial charge on any atom is 0.263 e. The highest BCUT2D eigenvalue weighted by molar-refractivity contribution is 7.17. The molecule has 0 aliphatic carbocycles. The van der Waals surface area contributed by atoms with E-state index in [0.717, 1.165) is 12.1 Å². The van der Waals surface area contributed by atoms with E-state index in [9.17, 15) is 13.6 Å². The number of rotatable bonds is 4. The van der Waals surface area contributed by atoms with Gasteiger partial charge in [-0.25, -0.2) is 13.8 Å². The molecule has 3 aromatic rings. The lowest BCUT2D eigenvalue weighted by Crippen LogP contribution is -2.26. The van der Waals surface area contributed by atoms with Gasteiger partial charge in [-0.05, 0) is 43.7 Å². The molecular formula is C18H15F2N3OS. The van der Waals surface area contributed by atoms with Crippen LogP contribution in [0, 0.1) is 18.6 Å². The molecule has 0 aliphatic rings. The Balaban J connectivity index is 1.79. The zero-order valence-corrected chi connectivity index (χ0v) is 14.4. The topological polar surface area (TPSA) is 54.9 Å². The number of benzene rings is 1. The van der Waals surface area contributed by atoms with Gasteiger partial charge >= 0.3 is 0 Å². The number of hydrogen-bond donors (Lipinski definition) is 1. The Morgan fingerprint density at radius 1 is 1.20 bits per heavy atom. The Kier molecular flexibility index (Phi) is 4.85. The van der Waals surface area contributed by atoms with Crippen molar-refractivity contribution < 1.29 is 13.6 Å². The van der Waals surface area contributed by atoms with Crippen LogP contribution >= 0.6 is 11.3 Å². The van der Waals surface area contributed by atoms with Gasteiger partial charge in [0.2, 0.25) is 0 Å². The summed E-state index contributed by atoms with van der Waals surface area (Å²) in [5.41, 5.74) is 1.78. The quantitative estimate of drug-likeness (QED) is 0.756. The molecule has 25 heavy (non-hydrogen) atoms. The Morgan fingerprint density at radius 2 is 2.00 bits per heavy atom. The summed E-state index contributed by atoms with van der Waals surface area (Å²) >= 11 is 1.24. The third kappa shape index (κ3) is 3.71. The van der Waals surface area contributed by atoms with Crippen LogP contribution < -0.4 is 5.32 Å². The molecule has 128 valence electrons. The number of aromatic nitrogens is 2. The molecule has 4 nitrogen and oxygen atoms in total. The Hall–Kier alpha value is -2.67. The summed E-state index contributed by atoms with van der Waals surface area (Å²) in [6, 6.07) is 8.59. The number of aryl methyl sites for hydroxylation is 1. The van der Waals surface area contributed by atoms with Crippen LogP contribution in [0.2, 0.25) is 0 Å². The molecule has 3 rings (SSSR count). The monoisotopic (exact) mass is 359 g/mol. The fourth-order valence-corrected chi connectivity index (χ4v) is 3.28. The van der Waals surface area contributed by atoms with Gasteiger partial charge in [0.05, 0.1) is 17.4 Å². The van der Waals surface area contributed by atoms with Crippen molar-refractivity contribution in [2.45, 2.75) is 19.9 Å². The molecule has 1 N–H and O–H groups in total. The number of carbonyl (C=O) groups is 1. The number of hydrogen-bond acceptors (Lipinski definition) is 4. The minimum Gasteiger partial charge on any atom is -0.345 e. The number of nitrogens with one attached hydrogen (secondary N) is 1. The van der Waals surface area contributed by atoms with E-state index in [0.29, 0.717) is 26.8 Å². The lowest BCUT2D eigenvalue weighted by molar-refractivity contribution is 0.0943. The second-order valence-electron chi connectivity index (χ2n) is 5.52. The first-order valence-electron chi connectivity index (χ1n) is 7.60. The first-order chi connectivity index (χ1) is 12.0. The Labute approximate surface area is 147 Å². The second kappa shape index (κ2) is 7.06. The fraction of sp³-hybridized carbons (Fsp3) is 0.167. The molecule has 7 heteroatoms. The SMILES string of the molecule is Cc1nc(-c2ccccn2)sc1C(=O)N[C@@H](C)c1ccc(F)c(F)c1. The zero-order chi connectivity index (χ0) is 18.0. The molecule has 2 heterocycles. The van der Waals surface area contributed by atoms with E-state index in [1.165, 1.54) is 17.4 Å². The van der Waals surface area contributed by atoms with E-state index in [1.54, 1.807) is 26.1 Å². The van der Waals surface area contributed by atoms with E-state index in [2.05, 4.69) is 15.3 Å². The van der Waals surface area contributed by atoms with Crippen LogP contribution in [0.25, 0.3) is 10.7 Å². The highest BCUT2D eigenvalue weighted by atomic mass is 32.1. The van der Waals surface area contributed by atoms with Gasteiger partial charge in [0.1, 0.15) is 9.88 Å². The number of pyridine rings is 1. The molecule has 0 unspecified atom stereocenters. The Morgan fingerprint density at radius 3 is 2.68 bits per heavy atom. The normalized spacial score (nSPS) is 12.0. The van der Waals surface area contributed by atoms with Gasteiger partial charge in [0.25, 0.3) is 5.91 Å².